The monoisotopic (exact) mass is 760 g/mol. The Kier molecular flexibility index (Phi) is 18.6. The molecule has 0 aromatic rings. The van der Waals surface area contributed by atoms with Crippen LogP contribution in [0.15, 0.2) is 36.5 Å². The van der Waals surface area contributed by atoms with Crippen molar-refractivity contribution >= 4 is 11.8 Å². The molecule has 0 amide bonds. The zero-order valence-corrected chi connectivity index (χ0v) is 36.3. The van der Waals surface area contributed by atoms with E-state index in [9.17, 15) is 9.59 Å². The third-order valence-electron chi connectivity index (χ3n) is 13.3. The first-order valence-corrected chi connectivity index (χ1v) is 21.0. The molecule has 310 valence electrons. The van der Waals surface area contributed by atoms with Crippen molar-refractivity contribution < 1.29 is 38.0 Å². The number of cyclic esters (lactones) is 1. The number of esters is 1. The molecule has 0 aromatic carbocycles. The van der Waals surface area contributed by atoms with Crippen molar-refractivity contribution in [2.75, 3.05) is 27.3 Å². The Morgan fingerprint density at radius 3 is 2.07 bits per heavy atom. The molecule has 0 N–H and O–H groups in total. The Bertz CT molecular complexity index is 1250. The van der Waals surface area contributed by atoms with Gasteiger partial charge in [0.1, 0.15) is 6.10 Å². The summed E-state index contributed by atoms with van der Waals surface area (Å²) in [7, 11) is 4.23. The van der Waals surface area contributed by atoms with Crippen LogP contribution in [-0.4, -0.2) is 93.1 Å². The molecule has 17 atom stereocenters. The second kappa shape index (κ2) is 21.6. The average Bonchev–Trinajstić information content (AvgIpc) is 3.13. The van der Waals surface area contributed by atoms with E-state index in [0.717, 1.165) is 12.0 Å². The van der Waals surface area contributed by atoms with Gasteiger partial charge in [0.25, 0.3) is 0 Å². The maximum atomic E-state index is 14.0. The van der Waals surface area contributed by atoms with Crippen LogP contribution < -0.4 is 0 Å². The number of rotatable bonds is 11. The minimum atomic E-state index is -0.515. The van der Waals surface area contributed by atoms with E-state index in [1.165, 1.54) is 0 Å². The Morgan fingerprint density at radius 2 is 1.46 bits per heavy atom. The van der Waals surface area contributed by atoms with Crippen molar-refractivity contribution in [1.82, 2.24) is 4.90 Å². The number of hydrogen-bond acceptors (Lipinski definition) is 9. The van der Waals surface area contributed by atoms with Gasteiger partial charge in [0.05, 0.1) is 44.1 Å². The maximum Gasteiger partial charge on any atom is 0.308 e. The van der Waals surface area contributed by atoms with Crippen LogP contribution in [0.3, 0.4) is 0 Å². The summed E-state index contributed by atoms with van der Waals surface area (Å²) in [5.41, 5.74) is 0.912. The van der Waals surface area contributed by atoms with Gasteiger partial charge < -0.3 is 33.3 Å². The minimum Gasteiger partial charge on any atom is -0.462 e. The quantitative estimate of drug-likeness (QED) is 0.152. The number of allylic oxidation sites excluding steroid dienone is 3. The molecular formula is C45H77NO8. The second-order valence-corrected chi connectivity index (χ2v) is 17.4. The first-order valence-electron chi connectivity index (χ1n) is 21.0. The lowest BCUT2D eigenvalue weighted by Gasteiger charge is -2.48. The summed E-state index contributed by atoms with van der Waals surface area (Å²) in [5, 5.41) is 0. The van der Waals surface area contributed by atoms with E-state index in [-0.39, 0.29) is 90.9 Å². The Morgan fingerprint density at radius 1 is 0.815 bits per heavy atom. The molecule has 0 radical (unpaired) electrons. The Balaban J connectivity index is 2.01. The highest BCUT2D eigenvalue weighted by atomic mass is 16.7. The molecule has 3 heterocycles. The minimum absolute atomic E-state index is 0.00366. The van der Waals surface area contributed by atoms with Gasteiger partial charge in [0.2, 0.25) is 0 Å². The highest BCUT2D eigenvalue weighted by Gasteiger charge is 2.45. The SMILES string of the molecule is C=CCO[C@@H]1CC(=O)O[C@H](CC)[C@@H](CO[C@@H]2O[C@H](C)[C@@H](C)[C@@H](C)[C@H]2C)/C=C(C)/C=C/C(=O)[C@H](C)C[C@H](CC)[C@H](O[C@@H]2O[C@H](C)[C@@H](C)[C@H](N(C)C)[C@H]2C)[C@H]1C. The number of ketones is 1. The normalized spacial score (nSPS) is 43.6. The number of nitrogens with zero attached hydrogens (tertiary/aromatic N) is 1. The predicted molar refractivity (Wildman–Crippen MR) is 216 cm³/mol. The highest BCUT2D eigenvalue weighted by Crippen LogP contribution is 2.39. The molecule has 3 rings (SSSR count). The Labute approximate surface area is 328 Å². The van der Waals surface area contributed by atoms with Gasteiger partial charge in [-0.1, -0.05) is 92.5 Å². The molecule has 3 aliphatic rings. The molecule has 0 spiro atoms. The predicted octanol–water partition coefficient (Wildman–Crippen LogP) is 8.66. The summed E-state index contributed by atoms with van der Waals surface area (Å²) in [6.07, 6.45) is 7.36. The first-order chi connectivity index (χ1) is 25.4. The molecule has 2 saturated heterocycles. The summed E-state index contributed by atoms with van der Waals surface area (Å²) < 4.78 is 39.3. The molecule has 0 saturated carbocycles. The van der Waals surface area contributed by atoms with Crippen LogP contribution in [0.2, 0.25) is 0 Å². The van der Waals surface area contributed by atoms with E-state index in [1.54, 1.807) is 12.2 Å². The summed E-state index contributed by atoms with van der Waals surface area (Å²) in [4.78, 5) is 30.0. The van der Waals surface area contributed by atoms with Crippen LogP contribution in [0.5, 0.6) is 0 Å². The number of carbonyl (C=O) groups excluding carboxylic acids is 2. The zero-order chi connectivity index (χ0) is 40.4. The van der Waals surface area contributed by atoms with Gasteiger partial charge in [-0.15, -0.1) is 6.58 Å². The van der Waals surface area contributed by atoms with E-state index < -0.39 is 18.5 Å². The van der Waals surface area contributed by atoms with Crippen molar-refractivity contribution in [1.29, 1.82) is 0 Å². The van der Waals surface area contributed by atoms with Crippen molar-refractivity contribution in [3.63, 3.8) is 0 Å². The number of carbonyl (C=O) groups is 2. The van der Waals surface area contributed by atoms with Gasteiger partial charge in [-0.3, -0.25) is 9.59 Å². The largest absolute Gasteiger partial charge is 0.462 e. The molecule has 9 heteroatoms. The topological polar surface area (TPSA) is 92.8 Å². The summed E-state index contributed by atoms with van der Waals surface area (Å²) in [6.45, 7) is 30.1. The Hall–Kier alpha value is -1.88. The molecule has 9 nitrogen and oxygen atoms in total. The van der Waals surface area contributed by atoms with E-state index in [1.807, 2.05) is 26.8 Å². The lowest BCUT2D eigenvalue weighted by molar-refractivity contribution is -0.278. The average molecular weight is 760 g/mol. The lowest BCUT2D eigenvalue weighted by Crippen LogP contribution is -2.56. The van der Waals surface area contributed by atoms with Crippen LogP contribution in [-0.2, 0) is 38.0 Å². The molecule has 3 aliphatic heterocycles. The van der Waals surface area contributed by atoms with E-state index >= 15 is 0 Å². The van der Waals surface area contributed by atoms with Crippen LogP contribution in [0.4, 0.5) is 0 Å². The summed E-state index contributed by atoms with van der Waals surface area (Å²) >= 11 is 0. The van der Waals surface area contributed by atoms with Crippen molar-refractivity contribution in [3.05, 3.63) is 36.5 Å². The van der Waals surface area contributed by atoms with Crippen LogP contribution in [0.1, 0.15) is 109 Å². The van der Waals surface area contributed by atoms with Crippen molar-refractivity contribution in [2.24, 2.45) is 53.3 Å². The zero-order valence-electron chi connectivity index (χ0n) is 36.3. The third-order valence-corrected chi connectivity index (χ3v) is 13.3. The van der Waals surface area contributed by atoms with Crippen molar-refractivity contribution in [2.45, 2.75) is 158 Å². The highest BCUT2D eigenvalue weighted by molar-refractivity contribution is 5.91. The second-order valence-electron chi connectivity index (χ2n) is 17.4. The maximum absolute atomic E-state index is 14.0. The fourth-order valence-corrected chi connectivity index (χ4v) is 9.09. The van der Waals surface area contributed by atoms with Gasteiger partial charge >= 0.3 is 5.97 Å². The molecule has 0 aromatic heterocycles. The van der Waals surface area contributed by atoms with Crippen LogP contribution in [0, 0.1) is 53.3 Å². The van der Waals surface area contributed by atoms with E-state index in [4.69, 9.17) is 28.4 Å². The number of ether oxygens (including phenoxy) is 6. The van der Waals surface area contributed by atoms with E-state index in [2.05, 4.69) is 94.0 Å². The smallest absolute Gasteiger partial charge is 0.308 e. The first kappa shape index (κ1) is 46.5. The molecule has 0 aliphatic carbocycles. The summed E-state index contributed by atoms with van der Waals surface area (Å²) in [5.74, 6) is 0.522. The van der Waals surface area contributed by atoms with E-state index in [0.29, 0.717) is 37.2 Å². The van der Waals surface area contributed by atoms with Crippen molar-refractivity contribution in [3.8, 4) is 0 Å². The van der Waals surface area contributed by atoms with Crippen LogP contribution >= 0.6 is 0 Å². The van der Waals surface area contributed by atoms with Gasteiger partial charge in [0, 0.05) is 35.6 Å². The van der Waals surface area contributed by atoms with Gasteiger partial charge in [-0.25, -0.2) is 0 Å². The van der Waals surface area contributed by atoms with Crippen LogP contribution in [0.25, 0.3) is 0 Å². The number of hydrogen-bond donors (Lipinski definition) is 0. The molecule has 0 bridgehead atoms. The lowest BCUT2D eigenvalue weighted by atomic mass is 9.79. The standard InChI is InChI=1S/C45H77NO8/c1-16-21-49-40-24-41(48)53-39(18-3)37(25-50-44-30(8)28(6)29(7)34(12)51-44)22-26(4)19-20-38(47)27(5)23-36(17-2)43(32(40)10)54-45-33(11)42(46(14)15)31(9)35(13)52-45/h16,19-20,22,27-37,39-40,42-45H,1,17-18,21,23-25H2,2-15H3/b20-19+,26-22+/t27-,28-,29+,30-,31-,32+,33-,34-,35-,36+,37-,39-,40-,42+,43-,44-,45+/m1/s1. The van der Waals surface area contributed by atoms with Gasteiger partial charge in [-0.05, 0) is 77.5 Å². The molecular weight excluding hydrogens is 682 g/mol. The molecule has 0 unspecified atom stereocenters. The van der Waals surface area contributed by atoms with Gasteiger partial charge in [-0.2, -0.15) is 0 Å². The van der Waals surface area contributed by atoms with Gasteiger partial charge in [0.15, 0.2) is 18.4 Å². The molecule has 2 fully saturated rings. The summed E-state index contributed by atoms with van der Waals surface area (Å²) in [6, 6.07) is 0.260. The fourth-order valence-electron chi connectivity index (χ4n) is 9.09. The molecule has 54 heavy (non-hydrogen) atoms. The fraction of sp³-hybridized carbons (Fsp3) is 0.822. The third kappa shape index (κ3) is 12.1.